The highest BCUT2D eigenvalue weighted by atomic mass is 19.1. The van der Waals surface area contributed by atoms with Crippen molar-refractivity contribution in [2.24, 2.45) is 5.92 Å². The number of hydrogen-bond acceptors (Lipinski definition) is 3. The molecule has 4 nitrogen and oxygen atoms in total. The molecule has 2 aromatic rings. The van der Waals surface area contributed by atoms with Gasteiger partial charge in [0.1, 0.15) is 12.0 Å². The molecule has 17 heavy (non-hydrogen) atoms. The van der Waals surface area contributed by atoms with E-state index in [1.54, 1.807) is 18.3 Å². The molecule has 2 N–H and O–H groups in total. The number of fused-ring (bicyclic) bond motifs is 1. The van der Waals surface area contributed by atoms with E-state index in [9.17, 15) is 4.39 Å². The molecule has 1 atom stereocenters. The second kappa shape index (κ2) is 3.98. The molecular weight excluding hydrogens is 219 g/mol. The van der Waals surface area contributed by atoms with Gasteiger partial charge in [0, 0.05) is 12.1 Å². The van der Waals surface area contributed by atoms with Gasteiger partial charge in [0.25, 0.3) is 0 Å². The van der Waals surface area contributed by atoms with Crippen molar-refractivity contribution in [3.05, 3.63) is 24.0 Å². The summed E-state index contributed by atoms with van der Waals surface area (Å²) in [6, 6.07) is 3.34. The third kappa shape index (κ3) is 1.75. The van der Waals surface area contributed by atoms with Crippen molar-refractivity contribution in [3.8, 4) is 0 Å². The lowest BCUT2D eigenvalue weighted by Gasteiger charge is -2.15. The molecule has 1 saturated carbocycles. The predicted octanol–water partition coefficient (Wildman–Crippen LogP) is 2.51. The molecule has 0 aliphatic heterocycles. The lowest BCUT2D eigenvalue weighted by molar-refractivity contribution is 0.230. The van der Waals surface area contributed by atoms with E-state index in [1.165, 1.54) is 4.52 Å². The quantitative estimate of drug-likeness (QED) is 0.868. The summed E-state index contributed by atoms with van der Waals surface area (Å²) in [5.41, 5.74) is 6.89. The monoisotopic (exact) mass is 234 g/mol. The second-order valence-electron chi connectivity index (χ2n) is 4.65. The molecule has 90 valence electrons. The fourth-order valence-electron chi connectivity index (χ4n) is 2.59. The van der Waals surface area contributed by atoms with Crippen LogP contribution in [0.3, 0.4) is 0 Å². The lowest BCUT2D eigenvalue weighted by Crippen LogP contribution is -2.09. The maximum absolute atomic E-state index is 14.3. The molecule has 0 bridgehead atoms. The van der Waals surface area contributed by atoms with Gasteiger partial charge in [-0.2, -0.15) is 9.61 Å². The Hall–Kier alpha value is -1.65. The fourth-order valence-corrected chi connectivity index (χ4v) is 2.59. The Balaban J connectivity index is 1.98. The lowest BCUT2D eigenvalue weighted by atomic mass is 9.99. The van der Waals surface area contributed by atoms with E-state index >= 15 is 0 Å². The standard InChI is InChI=1S/C12H15FN4/c13-12(8-3-1-2-4-8)9-7-10(14)17-11(16-9)5-6-15-17/h5-8,12H,1-4,14H2. The van der Waals surface area contributed by atoms with Crippen LogP contribution >= 0.6 is 0 Å². The summed E-state index contributed by atoms with van der Waals surface area (Å²) in [4.78, 5) is 4.29. The van der Waals surface area contributed by atoms with Crippen LogP contribution in [0.4, 0.5) is 10.2 Å². The number of nitrogen functional groups attached to an aromatic ring is 1. The van der Waals surface area contributed by atoms with E-state index in [-0.39, 0.29) is 5.92 Å². The SMILES string of the molecule is Nc1cc(C(F)C2CCCC2)nc2ccnn12. The molecule has 2 heterocycles. The average molecular weight is 234 g/mol. The highest BCUT2D eigenvalue weighted by Gasteiger charge is 2.27. The summed E-state index contributed by atoms with van der Waals surface area (Å²) >= 11 is 0. The Bertz CT molecular complexity index is 530. The molecular formula is C12H15FN4. The number of anilines is 1. The van der Waals surface area contributed by atoms with Crippen molar-refractivity contribution >= 4 is 11.5 Å². The largest absolute Gasteiger partial charge is 0.384 e. The average Bonchev–Trinajstić information content (AvgIpc) is 2.98. The number of nitrogens with two attached hydrogens (primary N) is 1. The Labute approximate surface area is 98.6 Å². The minimum atomic E-state index is -1.00. The van der Waals surface area contributed by atoms with Crippen molar-refractivity contribution < 1.29 is 4.39 Å². The van der Waals surface area contributed by atoms with Gasteiger partial charge < -0.3 is 5.73 Å². The number of nitrogens with zero attached hydrogens (tertiary/aromatic N) is 3. The van der Waals surface area contributed by atoms with Gasteiger partial charge in [0.2, 0.25) is 0 Å². The van der Waals surface area contributed by atoms with Crippen LogP contribution in [0, 0.1) is 5.92 Å². The molecule has 0 amide bonds. The molecule has 1 aliphatic rings. The van der Waals surface area contributed by atoms with E-state index in [2.05, 4.69) is 10.1 Å². The van der Waals surface area contributed by atoms with Gasteiger partial charge in [-0.1, -0.05) is 12.8 Å². The molecule has 0 spiro atoms. The van der Waals surface area contributed by atoms with Gasteiger partial charge in [0.15, 0.2) is 5.65 Å². The number of rotatable bonds is 2. The number of hydrogen-bond donors (Lipinski definition) is 1. The second-order valence-corrected chi connectivity index (χ2v) is 4.65. The van der Waals surface area contributed by atoms with Gasteiger partial charge in [0.05, 0.1) is 11.9 Å². The van der Waals surface area contributed by atoms with E-state index in [0.717, 1.165) is 25.7 Å². The topological polar surface area (TPSA) is 56.2 Å². The third-order valence-electron chi connectivity index (χ3n) is 3.50. The van der Waals surface area contributed by atoms with E-state index < -0.39 is 6.17 Å². The first-order valence-electron chi connectivity index (χ1n) is 6.00. The molecule has 1 fully saturated rings. The highest BCUT2D eigenvalue weighted by molar-refractivity contribution is 5.46. The van der Waals surface area contributed by atoms with Crippen LogP contribution in [0.25, 0.3) is 5.65 Å². The minimum absolute atomic E-state index is 0.104. The number of alkyl halides is 1. The Morgan fingerprint density at radius 3 is 2.94 bits per heavy atom. The molecule has 0 saturated heterocycles. The van der Waals surface area contributed by atoms with Crippen molar-refractivity contribution in [1.82, 2.24) is 14.6 Å². The van der Waals surface area contributed by atoms with Crippen molar-refractivity contribution in [1.29, 1.82) is 0 Å². The number of aromatic nitrogens is 3. The highest BCUT2D eigenvalue weighted by Crippen LogP contribution is 2.37. The van der Waals surface area contributed by atoms with Crippen LogP contribution in [0.2, 0.25) is 0 Å². The molecule has 1 unspecified atom stereocenters. The molecule has 1 aliphatic carbocycles. The molecule has 0 radical (unpaired) electrons. The Kier molecular flexibility index (Phi) is 2.46. The number of halogens is 1. The summed E-state index contributed by atoms with van der Waals surface area (Å²) in [7, 11) is 0. The van der Waals surface area contributed by atoms with Gasteiger partial charge in [-0.3, -0.25) is 0 Å². The zero-order valence-electron chi connectivity index (χ0n) is 9.51. The van der Waals surface area contributed by atoms with Crippen molar-refractivity contribution in [3.63, 3.8) is 0 Å². The van der Waals surface area contributed by atoms with Crippen molar-refractivity contribution in [2.75, 3.05) is 5.73 Å². The smallest absolute Gasteiger partial charge is 0.157 e. The van der Waals surface area contributed by atoms with Crippen molar-refractivity contribution in [2.45, 2.75) is 31.9 Å². The van der Waals surface area contributed by atoms with Crippen LogP contribution in [0.1, 0.15) is 37.5 Å². The van der Waals surface area contributed by atoms with E-state index in [1.807, 2.05) is 0 Å². The summed E-state index contributed by atoms with van der Waals surface area (Å²) in [5, 5.41) is 4.02. The third-order valence-corrected chi connectivity index (χ3v) is 3.50. The molecule has 2 aromatic heterocycles. The van der Waals surface area contributed by atoms with Crippen LogP contribution < -0.4 is 5.73 Å². The van der Waals surface area contributed by atoms with E-state index in [4.69, 9.17) is 5.73 Å². The Morgan fingerprint density at radius 2 is 2.18 bits per heavy atom. The van der Waals surface area contributed by atoms with Gasteiger partial charge >= 0.3 is 0 Å². The molecule has 0 aromatic carbocycles. The summed E-state index contributed by atoms with van der Waals surface area (Å²) < 4.78 is 15.8. The fraction of sp³-hybridized carbons (Fsp3) is 0.500. The summed E-state index contributed by atoms with van der Waals surface area (Å²) in [6.07, 6.45) is 4.76. The zero-order valence-corrected chi connectivity index (χ0v) is 9.51. The van der Waals surface area contributed by atoms with Crippen LogP contribution in [-0.4, -0.2) is 14.6 Å². The first-order valence-corrected chi connectivity index (χ1v) is 6.00. The van der Waals surface area contributed by atoms with Crippen LogP contribution in [0.5, 0.6) is 0 Å². The van der Waals surface area contributed by atoms with Gasteiger partial charge in [-0.25, -0.2) is 9.37 Å². The maximum atomic E-state index is 14.3. The zero-order chi connectivity index (χ0) is 11.8. The summed E-state index contributed by atoms with van der Waals surface area (Å²) in [6.45, 7) is 0. The first-order chi connectivity index (χ1) is 8.25. The van der Waals surface area contributed by atoms with Crippen LogP contribution in [0.15, 0.2) is 18.3 Å². The van der Waals surface area contributed by atoms with Crippen LogP contribution in [-0.2, 0) is 0 Å². The van der Waals surface area contributed by atoms with Gasteiger partial charge in [-0.05, 0) is 18.8 Å². The maximum Gasteiger partial charge on any atom is 0.157 e. The minimum Gasteiger partial charge on any atom is -0.384 e. The summed E-state index contributed by atoms with van der Waals surface area (Å²) in [5.74, 6) is 0.544. The molecule has 3 rings (SSSR count). The normalized spacial score (nSPS) is 18.9. The van der Waals surface area contributed by atoms with Gasteiger partial charge in [-0.15, -0.1) is 0 Å². The van der Waals surface area contributed by atoms with E-state index in [0.29, 0.717) is 17.2 Å². The first kappa shape index (κ1) is 10.5. The molecule has 5 heteroatoms. The Morgan fingerprint density at radius 1 is 1.41 bits per heavy atom. The predicted molar refractivity (Wildman–Crippen MR) is 63.2 cm³/mol.